The van der Waals surface area contributed by atoms with Gasteiger partial charge in [-0.15, -0.1) is 0 Å². The Labute approximate surface area is 240 Å². The average molecular weight is 577 g/mol. The first-order valence-corrected chi connectivity index (χ1v) is 15.5. The normalized spacial score (nSPS) is 54.0. The molecule has 10 nitrogen and oxygen atoms in total. The quantitative estimate of drug-likeness (QED) is 0.339. The van der Waals surface area contributed by atoms with Crippen LogP contribution in [0.3, 0.4) is 0 Å². The first kappa shape index (κ1) is 28.2. The Balaban J connectivity index is 1.17. The molecule has 10 heteroatoms. The van der Waals surface area contributed by atoms with Crippen molar-refractivity contribution < 1.29 is 48.6 Å². The lowest BCUT2D eigenvalue weighted by atomic mass is 9.42. The van der Waals surface area contributed by atoms with Gasteiger partial charge in [-0.05, 0) is 87.5 Å². The Kier molecular flexibility index (Phi) is 6.52. The van der Waals surface area contributed by atoms with Crippen LogP contribution in [0.1, 0.15) is 78.6 Å². The molecule has 0 amide bonds. The van der Waals surface area contributed by atoms with Crippen LogP contribution in [-0.2, 0) is 33.3 Å². The van der Waals surface area contributed by atoms with E-state index < -0.39 is 41.3 Å². The lowest BCUT2D eigenvalue weighted by Crippen LogP contribution is -2.71. The fourth-order valence-electron chi connectivity index (χ4n) is 10.7. The fraction of sp³-hybridized carbons (Fsp3) is 0.871. The van der Waals surface area contributed by atoms with Crippen molar-refractivity contribution >= 4 is 11.9 Å². The van der Waals surface area contributed by atoms with Crippen molar-refractivity contribution in [1.82, 2.24) is 0 Å². The molecule has 3 heterocycles. The van der Waals surface area contributed by atoms with Gasteiger partial charge >= 0.3 is 11.9 Å². The topological polar surface area (TPSA) is 141 Å². The molecule has 0 unspecified atom stereocenters. The molecule has 0 aromatic carbocycles. The second kappa shape index (κ2) is 9.47. The summed E-state index contributed by atoms with van der Waals surface area (Å²) in [5.74, 6) is -2.36. The largest absolute Gasteiger partial charge is 0.458 e. The van der Waals surface area contributed by atoms with Gasteiger partial charge in [-0.1, -0.05) is 6.92 Å². The summed E-state index contributed by atoms with van der Waals surface area (Å²) in [6.07, 6.45) is 4.84. The second-order valence-electron chi connectivity index (χ2n) is 14.3. The van der Waals surface area contributed by atoms with Crippen LogP contribution in [-0.4, -0.2) is 82.6 Å². The van der Waals surface area contributed by atoms with Gasteiger partial charge in [-0.3, -0.25) is 4.79 Å². The summed E-state index contributed by atoms with van der Waals surface area (Å²) in [4.78, 5) is 23.8. The summed E-state index contributed by atoms with van der Waals surface area (Å²) in [5, 5.41) is 35.4. The Morgan fingerprint density at radius 2 is 1.88 bits per heavy atom. The lowest BCUT2D eigenvalue weighted by Gasteiger charge is -2.66. The van der Waals surface area contributed by atoms with Gasteiger partial charge in [-0.25, -0.2) is 4.79 Å². The van der Waals surface area contributed by atoms with E-state index in [1.807, 2.05) is 6.92 Å². The SMILES string of the molecule is CC(=O)O[C@H]1C[C@@H](C)O[C@H]2O[C@@H]3C[C@@H]4CC[C@@H]5[C@H](CC[C@]6(C)[C@@H](C7=CC(=O)OC7)CC[C@]56O)[C@@]4(CO)C[C@H]3O[C@]21O. The van der Waals surface area contributed by atoms with E-state index in [1.165, 1.54) is 6.92 Å². The molecule has 0 spiro atoms. The maximum atomic E-state index is 12.5. The van der Waals surface area contributed by atoms with Crippen LogP contribution in [0.5, 0.6) is 0 Å². The van der Waals surface area contributed by atoms with Gasteiger partial charge in [0.1, 0.15) is 6.61 Å². The minimum Gasteiger partial charge on any atom is -0.458 e. The van der Waals surface area contributed by atoms with Crippen molar-refractivity contribution in [1.29, 1.82) is 0 Å². The van der Waals surface area contributed by atoms with E-state index in [4.69, 9.17) is 23.7 Å². The second-order valence-corrected chi connectivity index (χ2v) is 14.3. The number of carbonyl (C=O) groups excluding carboxylic acids is 2. The Morgan fingerprint density at radius 1 is 1.07 bits per heavy atom. The summed E-state index contributed by atoms with van der Waals surface area (Å²) >= 11 is 0. The predicted molar refractivity (Wildman–Crippen MR) is 142 cm³/mol. The number of aliphatic hydroxyl groups excluding tert-OH is 1. The highest BCUT2D eigenvalue weighted by atomic mass is 16.8. The molecule has 4 aliphatic carbocycles. The maximum absolute atomic E-state index is 12.5. The molecule has 4 saturated carbocycles. The van der Waals surface area contributed by atoms with Crippen LogP contribution in [0.2, 0.25) is 0 Å². The van der Waals surface area contributed by atoms with Gasteiger partial charge in [0.25, 0.3) is 5.79 Å². The van der Waals surface area contributed by atoms with E-state index in [2.05, 4.69) is 6.92 Å². The van der Waals surface area contributed by atoms with Crippen LogP contribution in [0, 0.1) is 34.5 Å². The number of cyclic esters (lactones) is 1. The number of esters is 2. The maximum Gasteiger partial charge on any atom is 0.331 e. The van der Waals surface area contributed by atoms with Crippen molar-refractivity contribution in [3.63, 3.8) is 0 Å². The van der Waals surface area contributed by atoms with E-state index in [-0.39, 0.29) is 60.3 Å². The molecule has 7 aliphatic rings. The molecule has 3 N–H and O–H groups in total. The smallest absolute Gasteiger partial charge is 0.331 e. The van der Waals surface area contributed by atoms with Gasteiger partial charge in [-0.2, -0.15) is 0 Å². The predicted octanol–water partition coefficient (Wildman–Crippen LogP) is 2.36. The van der Waals surface area contributed by atoms with Crippen LogP contribution in [0.25, 0.3) is 0 Å². The summed E-state index contributed by atoms with van der Waals surface area (Å²) < 4.78 is 29.5. The molecular weight excluding hydrogens is 532 g/mol. The number of carbonyl (C=O) groups is 2. The first-order chi connectivity index (χ1) is 19.4. The molecule has 3 aliphatic heterocycles. The Bertz CT molecular complexity index is 1140. The highest BCUT2D eigenvalue weighted by molar-refractivity contribution is 5.85. The average Bonchev–Trinajstić information content (AvgIpc) is 3.46. The molecule has 13 atom stereocenters. The minimum absolute atomic E-state index is 0.0119. The summed E-state index contributed by atoms with van der Waals surface area (Å²) in [5.41, 5.74) is -0.760. The van der Waals surface area contributed by atoms with Crippen molar-refractivity contribution in [3.05, 3.63) is 11.6 Å². The van der Waals surface area contributed by atoms with E-state index in [1.54, 1.807) is 6.08 Å². The monoisotopic (exact) mass is 576 g/mol. The summed E-state index contributed by atoms with van der Waals surface area (Å²) in [6.45, 7) is 5.63. The van der Waals surface area contributed by atoms with E-state index >= 15 is 0 Å². The minimum atomic E-state index is -1.94. The van der Waals surface area contributed by atoms with Crippen LogP contribution in [0.4, 0.5) is 0 Å². The molecule has 0 aromatic rings. The standard InChI is InChI=1S/C31H44O10/c1-16-10-25(39-17(2)33)31(36)27(38-16)40-23-12-19-4-5-22-21(29(19,15-32)13-24(23)41-31)6-8-28(3)20(7-9-30(22,28)35)18-11-26(34)37-14-18/h11,16,19-25,27,32,35-36H,4-10,12-15H2,1-3H3/t16-,19+,20-,21+,22-,23-,24-,25+,27+,28-,29-,30+,31+/m1/s1. The number of hydrogen-bond donors (Lipinski definition) is 3. The molecule has 2 saturated heterocycles. The highest BCUT2D eigenvalue weighted by Crippen LogP contribution is 2.70. The number of fused-ring (bicyclic) bond motifs is 7. The molecular formula is C31H44O10. The van der Waals surface area contributed by atoms with Gasteiger partial charge in [0.05, 0.1) is 23.9 Å². The molecule has 0 radical (unpaired) electrons. The lowest BCUT2D eigenvalue weighted by molar-refractivity contribution is -0.458. The summed E-state index contributed by atoms with van der Waals surface area (Å²) in [7, 11) is 0. The molecule has 0 aromatic heterocycles. The zero-order valence-electron chi connectivity index (χ0n) is 24.3. The van der Waals surface area contributed by atoms with Gasteiger partial charge in [0.2, 0.25) is 6.29 Å². The van der Waals surface area contributed by atoms with Gasteiger partial charge < -0.3 is 39.0 Å². The highest BCUT2D eigenvalue weighted by Gasteiger charge is 2.70. The number of ether oxygens (including phenoxy) is 5. The molecule has 228 valence electrons. The molecule has 41 heavy (non-hydrogen) atoms. The third-order valence-corrected chi connectivity index (χ3v) is 12.6. The number of hydrogen-bond acceptors (Lipinski definition) is 10. The van der Waals surface area contributed by atoms with Crippen molar-refractivity contribution in [2.45, 2.75) is 121 Å². The van der Waals surface area contributed by atoms with E-state index in [0.29, 0.717) is 25.9 Å². The summed E-state index contributed by atoms with van der Waals surface area (Å²) in [6, 6.07) is 0. The fourth-order valence-corrected chi connectivity index (χ4v) is 10.7. The van der Waals surface area contributed by atoms with E-state index in [0.717, 1.165) is 37.7 Å². The zero-order valence-corrected chi connectivity index (χ0v) is 24.3. The van der Waals surface area contributed by atoms with Crippen LogP contribution >= 0.6 is 0 Å². The molecule has 6 fully saturated rings. The van der Waals surface area contributed by atoms with Crippen LogP contribution in [0.15, 0.2) is 11.6 Å². The zero-order chi connectivity index (χ0) is 28.9. The number of rotatable bonds is 3. The van der Waals surface area contributed by atoms with Gasteiger partial charge in [0, 0.05) is 36.9 Å². The van der Waals surface area contributed by atoms with E-state index in [9.17, 15) is 24.9 Å². The molecule has 0 bridgehead atoms. The van der Waals surface area contributed by atoms with Gasteiger partial charge in [0.15, 0.2) is 6.10 Å². The van der Waals surface area contributed by atoms with Crippen molar-refractivity contribution in [2.24, 2.45) is 34.5 Å². The van der Waals surface area contributed by atoms with Crippen LogP contribution < -0.4 is 0 Å². The van der Waals surface area contributed by atoms with Crippen molar-refractivity contribution in [3.8, 4) is 0 Å². The third-order valence-electron chi connectivity index (χ3n) is 12.6. The first-order valence-electron chi connectivity index (χ1n) is 15.5. The third kappa shape index (κ3) is 3.90. The van der Waals surface area contributed by atoms with Crippen molar-refractivity contribution in [2.75, 3.05) is 13.2 Å². The Hall–Kier alpha value is -1.56. The Morgan fingerprint density at radius 3 is 2.59 bits per heavy atom. The molecule has 7 rings (SSSR count). The number of aliphatic hydroxyl groups is 3.